The van der Waals surface area contributed by atoms with Crippen LogP contribution in [-0.2, 0) is 19.2 Å². The highest BCUT2D eigenvalue weighted by Gasteiger charge is 2.59. The lowest BCUT2D eigenvalue weighted by molar-refractivity contribution is -0.191. The van der Waals surface area contributed by atoms with Gasteiger partial charge in [-0.05, 0) is 49.9 Å². The topological polar surface area (TPSA) is 68.3 Å². The molecule has 0 N–H and O–H groups in total. The summed E-state index contributed by atoms with van der Waals surface area (Å²) in [5, 5.41) is 0. The number of ketones is 2. The molecule has 0 aromatic rings. The number of hydrogen-bond donors (Lipinski definition) is 0. The lowest BCUT2D eigenvalue weighted by Gasteiger charge is -2.54. The van der Waals surface area contributed by atoms with Crippen molar-refractivity contribution in [1.29, 1.82) is 0 Å². The second-order valence-corrected chi connectivity index (χ2v) is 7.61. The molecule has 0 saturated heterocycles. The summed E-state index contributed by atoms with van der Waals surface area (Å²) in [6, 6.07) is 0. The van der Waals surface area contributed by atoms with Crippen LogP contribution in [-0.4, -0.2) is 17.7 Å². The molecular formula is C18H26O4. The highest BCUT2D eigenvalue weighted by atomic mass is 16.2. The van der Waals surface area contributed by atoms with Gasteiger partial charge in [0.1, 0.15) is 11.6 Å². The van der Waals surface area contributed by atoms with Gasteiger partial charge in [-0.15, -0.1) is 0 Å². The van der Waals surface area contributed by atoms with Crippen molar-refractivity contribution in [3.63, 3.8) is 0 Å². The van der Waals surface area contributed by atoms with Crippen molar-refractivity contribution in [3.05, 3.63) is 0 Å². The van der Waals surface area contributed by atoms with Crippen molar-refractivity contribution in [1.82, 2.24) is 0 Å². The second-order valence-electron chi connectivity index (χ2n) is 7.61. The zero-order valence-corrected chi connectivity index (χ0v) is 13.8. The van der Waals surface area contributed by atoms with E-state index in [1.54, 1.807) is 0 Å². The summed E-state index contributed by atoms with van der Waals surface area (Å²) in [6.45, 7) is 6.54. The maximum Gasteiger partial charge on any atom is 0.373 e. The van der Waals surface area contributed by atoms with Gasteiger partial charge in [0, 0.05) is 23.7 Å². The Hall–Kier alpha value is -1.28. The lowest BCUT2D eigenvalue weighted by Crippen LogP contribution is -2.52. The predicted molar refractivity (Wildman–Crippen MR) is 79.7 cm³/mol. The molecule has 3 aliphatic carbocycles. The minimum atomic E-state index is -0.115. The SMILES string of the molecule is CC[C@@]1(C)C(=O)CC[C@@H]2[C@@H]1CC[C@]1(C)C(=O)CC[C@@H]21.O=C=O. The third-order valence-electron chi connectivity index (χ3n) is 7.04. The molecule has 4 heteroatoms. The number of carbonyl (C=O) groups is 2. The van der Waals surface area contributed by atoms with Gasteiger partial charge in [0.15, 0.2) is 0 Å². The first-order chi connectivity index (χ1) is 10.3. The van der Waals surface area contributed by atoms with E-state index >= 15 is 0 Å². The molecule has 0 aromatic carbocycles. The summed E-state index contributed by atoms with van der Waals surface area (Å²) in [6.07, 6.45) is 6.94. The summed E-state index contributed by atoms with van der Waals surface area (Å²) in [5.41, 5.74) is -0.175. The highest BCUT2D eigenvalue weighted by Crippen LogP contribution is 2.61. The summed E-state index contributed by atoms with van der Waals surface area (Å²) in [5.74, 6) is 2.67. The van der Waals surface area contributed by atoms with Gasteiger partial charge in [0.25, 0.3) is 0 Å². The Morgan fingerprint density at radius 1 is 1.00 bits per heavy atom. The van der Waals surface area contributed by atoms with Crippen LogP contribution in [0.5, 0.6) is 0 Å². The van der Waals surface area contributed by atoms with Crippen LogP contribution < -0.4 is 0 Å². The highest BCUT2D eigenvalue weighted by molar-refractivity contribution is 5.88. The fourth-order valence-corrected chi connectivity index (χ4v) is 5.50. The van der Waals surface area contributed by atoms with Crippen LogP contribution >= 0.6 is 0 Å². The molecule has 122 valence electrons. The van der Waals surface area contributed by atoms with E-state index in [1.807, 2.05) is 0 Å². The zero-order valence-electron chi connectivity index (χ0n) is 13.8. The minimum Gasteiger partial charge on any atom is -0.299 e. The summed E-state index contributed by atoms with van der Waals surface area (Å²) in [4.78, 5) is 40.9. The van der Waals surface area contributed by atoms with Crippen LogP contribution in [0.15, 0.2) is 0 Å². The van der Waals surface area contributed by atoms with Crippen LogP contribution in [0.2, 0.25) is 0 Å². The maximum atomic E-state index is 12.4. The zero-order chi connectivity index (χ0) is 16.5. The van der Waals surface area contributed by atoms with Gasteiger partial charge >= 0.3 is 6.15 Å². The van der Waals surface area contributed by atoms with E-state index in [-0.39, 0.29) is 17.0 Å². The Bertz CT molecular complexity index is 505. The predicted octanol–water partition coefficient (Wildman–Crippen LogP) is 3.19. The lowest BCUT2D eigenvalue weighted by atomic mass is 9.49. The fourth-order valence-electron chi connectivity index (χ4n) is 5.50. The van der Waals surface area contributed by atoms with Gasteiger partial charge in [0.05, 0.1) is 0 Å². The number of carbonyl (C=O) groups excluding carboxylic acids is 4. The van der Waals surface area contributed by atoms with Gasteiger partial charge in [-0.1, -0.05) is 20.8 Å². The molecule has 0 heterocycles. The summed E-state index contributed by atoms with van der Waals surface area (Å²) >= 11 is 0. The normalized spacial score (nSPS) is 43.5. The van der Waals surface area contributed by atoms with Crippen LogP contribution in [0, 0.1) is 28.6 Å². The van der Waals surface area contributed by atoms with Crippen molar-refractivity contribution in [2.24, 2.45) is 28.6 Å². The Balaban J connectivity index is 0.000000545. The van der Waals surface area contributed by atoms with E-state index in [1.165, 1.54) is 0 Å². The molecule has 3 fully saturated rings. The molecule has 0 bridgehead atoms. The van der Waals surface area contributed by atoms with Crippen molar-refractivity contribution >= 4 is 17.7 Å². The standard InChI is InChI=1S/C17H26O2.CO2/c1-4-16(2)13-9-10-17(3)12(6-8-15(17)19)11(13)5-7-14(16)18;2-1-3/h11-13H,4-10H2,1-3H3;/t11-,12-,13-,16+,17-;/m0./s1. The third kappa shape index (κ3) is 2.38. The molecule has 0 amide bonds. The van der Waals surface area contributed by atoms with E-state index in [0.29, 0.717) is 29.3 Å². The first-order valence-corrected chi connectivity index (χ1v) is 8.41. The smallest absolute Gasteiger partial charge is 0.299 e. The van der Waals surface area contributed by atoms with E-state index in [0.717, 1.165) is 44.9 Å². The second kappa shape index (κ2) is 6.08. The molecule has 0 aliphatic heterocycles. The summed E-state index contributed by atoms with van der Waals surface area (Å²) in [7, 11) is 0. The molecule has 0 aromatic heterocycles. The van der Waals surface area contributed by atoms with Crippen LogP contribution in [0.3, 0.4) is 0 Å². The monoisotopic (exact) mass is 306 g/mol. The first-order valence-electron chi connectivity index (χ1n) is 8.41. The average Bonchev–Trinajstić information content (AvgIpc) is 2.80. The van der Waals surface area contributed by atoms with Gasteiger partial charge in [-0.2, -0.15) is 9.59 Å². The van der Waals surface area contributed by atoms with Crippen molar-refractivity contribution in [3.8, 4) is 0 Å². The number of rotatable bonds is 1. The molecule has 0 spiro atoms. The number of hydrogen-bond acceptors (Lipinski definition) is 4. The minimum absolute atomic E-state index is 0.0593. The Morgan fingerprint density at radius 3 is 2.18 bits per heavy atom. The molecule has 3 saturated carbocycles. The molecule has 22 heavy (non-hydrogen) atoms. The quantitative estimate of drug-likeness (QED) is 0.746. The largest absolute Gasteiger partial charge is 0.373 e. The molecule has 4 nitrogen and oxygen atoms in total. The first kappa shape index (κ1) is 17.1. The molecule has 5 atom stereocenters. The van der Waals surface area contributed by atoms with Gasteiger partial charge in [-0.25, -0.2) is 0 Å². The van der Waals surface area contributed by atoms with Crippen molar-refractivity contribution in [2.45, 2.75) is 65.7 Å². The summed E-state index contributed by atoms with van der Waals surface area (Å²) < 4.78 is 0. The van der Waals surface area contributed by atoms with Crippen LogP contribution in [0.4, 0.5) is 0 Å². The van der Waals surface area contributed by atoms with E-state index in [2.05, 4.69) is 20.8 Å². The molecule has 0 unspecified atom stereocenters. The Morgan fingerprint density at radius 2 is 1.59 bits per heavy atom. The van der Waals surface area contributed by atoms with E-state index in [9.17, 15) is 9.59 Å². The van der Waals surface area contributed by atoms with Gasteiger partial charge in [0.2, 0.25) is 0 Å². The van der Waals surface area contributed by atoms with Crippen molar-refractivity contribution in [2.75, 3.05) is 0 Å². The molecular weight excluding hydrogens is 280 g/mol. The van der Waals surface area contributed by atoms with Crippen LogP contribution in [0.1, 0.15) is 65.7 Å². The molecule has 3 aliphatic rings. The number of fused-ring (bicyclic) bond motifs is 3. The third-order valence-corrected chi connectivity index (χ3v) is 7.04. The van der Waals surface area contributed by atoms with Crippen LogP contribution in [0.25, 0.3) is 0 Å². The number of Topliss-reactive ketones (excluding diaryl/α,β-unsaturated/α-hetero) is 2. The molecule has 3 rings (SSSR count). The maximum absolute atomic E-state index is 12.4. The Kier molecular flexibility index (Phi) is 4.72. The van der Waals surface area contributed by atoms with Gasteiger partial charge in [-0.3, -0.25) is 9.59 Å². The van der Waals surface area contributed by atoms with Crippen molar-refractivity contribution < 1.29 is 19.2 Å². The Labute approximate surface area is 132 Å². The van der Waals surface area contributed by atoms with E-state index in [4.69, 9.17) is 9.59 Å². The average molecular weight is 306 g/mol. The van der Waals surface area contributed by atoms with E-state index < -0.39 is 0 Å². The fraction of sp³-hybridized carbons (Fsp3) is 0.833. The van der Waals surface area contributed by atoms with Gasteiger partial charge < -0.3 is 0 Å². The molecule has 0 radical (unpaired) electrons.